The predicted octanol–water partition coefficient (Wildman–Crippen LogP) is 4.79. The van der Waals surface area contributed by atoms with Gasteiger partial charge in [0.1, 0.15) is 5.75 Å². The van der Waals surface area contributed by atoms with Gasteiger partial charge in [0.05, 0.1) is 13.3 Å². The van der Waals surface area contributed by atoms with Crippen LogP contribution in [0.1, 0.15) is 39.5 Å². The Hall–Kier alpha value is -1.16. The second-order valence-electron chi connectivity index (χ2n) is 5.21. The molecule has 3 nitrogen and oxygen atoms in total. The minimum absolute atomic E-state index is 0. The lowest BCUT2D eigenvalue weighted by molar-refractivity contribution is 0.340. The first-order valence-corrected chi connectivity index (χ1v) is 7.75. The lowest BCUT2D eigenvalue weighted by atomic mass is 10.2. The third-order valence-corrected chi connectivity index (χ3v) is 3.57. The van der Waals surface area contributed by atoms with Crippen LogP contribution in [-0.2, 0) is 0 Å². The fraction of sp³-hybridized carbons (Fsp3) is 0.529. The summed E-state index contributed by atoms with van der Waals surface area (Å²) in [6, 6.07) is 8.32. The van der Waals surface area contributed by atoms with Gasteiger partial charge < -0.3 is 14.5 Å². The van der Waals surface area contributed by atoms with Gasteiger partial charge in [0.2, 0.25) is 0 Å². The Balaban J connectivity index is 0.00000220. The smallest absolute Gasteiger partial charge is 0.119 e. The van der Waals surface area contributed by atoms with Crippen LogP contribution in [0, 0.1) is 0 Å². The fourth-order valence-electron chi connectivity index (χ4n) is 2.42. The molecule has 0 spiro atoms. The maximum atomic E-state index is 5.47. The molecule has 0 aromatic heterocycles. The molecule has 0 saturated heterocycles. The number of unbranched alkanes of at least 4 members (excludes halogenated alkanes) is 3. The van der Waals surface area contributed by atoms with Crippen LogP contribution in [0.15, 0.2) is 36.7 Å². The van der Waals surface area contributed by atoms with Crippen LogP contribution in [0.3, 0.4) is 0 Å². The number of ether oxygens (including phenoxy) is 1. The number of anilines is 1. The summed E-state index contributed by atoms with van der Waals surface area (Å²) in [6.07, 6.45) is 9.63. The maximum absolute atomic E-state index is 5.47. The van der Waals surface area contributed by atoms with Gasteiger partial charge in [-0.3, -0.25) is 0 Å². The molecule has 1 aromatic carbocycles. The summed E-state index contributed by atoms with van der Waals surface area (Å²) in [5.74, 6) is 0.941. The molecule has 1 aromatic rings. The summed E-state index contributed by atoms with van der Waals surface area (Å²) in [4.78, 5) is 4.65. The second-order valence-corrected chi connectivity index (χ2v) is 5.21. The summed E-state index contributed by atoms with van der Waals surface area (Å²) in [5, 5.41) is 0. The van der Waals surface area contributed by atoms with E-state index in [-0.39, 0.29) is 17.0 Å². The molecule has 4 heteroatoms. The molecule has 1 aliphatic rings. The lowest BCUT2D eigenvalue weighted by Crippen LogP contribution is -2.25. The van der Waals surface area contributed by atoms with Crippen molar-refractivity contribution in [2.75, 3.05) is 24.7 Å². The van der Waals surface area contributed by atoms with E-state index >= 15 is 0 Å². The van der Waals surface area contributed by atoms with Crippen LogP contribution < -0.4 is 9.64 Å². The van der Waals surface area contributed by atoms with Crippen molar-refractivity contribution in [2.45, 2.75) is 39.5 Å². The summed E-state index contributed by atoms with van der Waals surface area (Å²) in [6.45, 7) is 7.09. The van der Waals surface area contributed by atoms with Crippen LogP contribution in [0.5, 0.6) is 5.75 Å². The average Bonchev–Trinajstić information content (AvgIpc) is 2.94. The minimum atomic E-state index is 0. The van der Waals surface area contributed by atoms with Gasteiger partial charge in [-0.15, -0.1) is 17.0 Å². The Morgan fingerprint density at radius 2 is 1.76 bits per heavy atom. The van der Waals surface area contributed by atoms with Crippen molar-refractivity contribution < 1.29 is 4.74 Å². The van der Waals surface area contributed by atoms with E-state index in [2.05, 4.69) is 41.3 Å². The third kappa shape index (κ3) is 5.62. The Morgan fingerprint density at radius 1 is 1.00 bits per heavy atom. The van der Waals surface area contributed by atoms with Crippen molar-refractivity contribution in [3.8, 4) is 5.75 Å². The van der Waals surface area contributed by atoms with E-state index in [4.69, 9.17) is 4.74 Å². The minimum Gasteiger partial charge on any atom is -0.494 e. The fourth-order valence-corrected chi connectivity index (χ4v) is 2.42. The van der Waals surface area contributed by atoms with Gasteiger partial charge >= 0.3 is 0 Å². The number of rotatable bonds is 8. The van der Waals surface area contributed by atoms with E-state index in [1.807, 2.05) is 19.1 Å². The maximum Gasteiger partial charge on any atom is 0.119 e. The van der Waals surface area contributed by atoms with E-state index in [0.29, 0.717) is 6.61 Å². The number of halogens is 1. The molecular weight excluding hydrogens is 328 g/mol. The molecule has 0 N–H and O–H groups in total. The standard InChI is InChI=1S/C17H26N2O.BrH/c1-3-5-6-7-12-18-13-14-19(15-18)16-8-10-17(11-9-16)20-4-2;/h8-11,13-14H,3-7,12,15H2,1-2H3;1H. The van der Waals surface area contributed by atoms with Crippen molar-refractivity contribution in [1.29, 1.82) is 0 Å². The monoisotopic (exact) mass is 354 g/mol. The van der Waals surface area contributed by atoms with E-state index in [1.54, 1.807) is 0 Å². The topological polar surface area (TPSA) is 15.7 Å². The first-order chi connectivity index (χ1) is 9.83. The first-order valence-electron chi connectivity index (χ1n) is 7.75. The van der Waals surface area contributed by atoms with Gasteiger partial charge in [-0.05, 0) is 37.6 Å². The van der Waals surface area contributed by atoms with Gasteiger partial charge in [0.15, 0.2) is 0 Å². The Kier molecular flexibility index (Phi) is 8.28. The molecule has 0 unspecified atom stereocenters. The number of nitrogens with zero attached hydrogens (tertiary/aromatic N) is 2. The molecule has 2 rings (SSSR count). The summed E-state index contributed by atoms with van der Waals surface area (Å²) in [5.41, 5.74) is 1.22. The zero-order valence-corrected chi connectivity index (χ0v) is 14.8. The molecule has 0 fully saturated rings. The Morgan fingerprint density at radius 3 is 2.43 bits per heavy atom. The van der Waals surface area contributed by atoms with Crippen molar-refractivity contribution in [1.82, 2.24) is 4.90 Å². The quantitative estimate of drug-likeness (QED) is 0.624. The van der Waals surface area contributed by atoms with Crippen LogP contribution >= 0.6 is 17.0 Å². The highest BCUT2D eigenvalue weighted by Gasteiger charge is 2.13. The Labute approximate surface area is 139 Å². The second kappa shape index (κ2) is 9.72. The van der Waals surface area contributed by atoms with Gasteiger partial charge in [0.25, 0.3) is 0 Å². The summed E-state index contributed by atoms with van der Waals surface area (Å²) >= 11 is 0. The molecular formula is C17H27BrN2O. The molecule has 0 bridgehead atoms. The molecule has 118 valence electrons. The van der Waals surface area contributed by atoms with Gasteiger partial charge in [-0.2, -0.15) is 0 Å². The molecule has 0 amide bonds. The third-order valence-electron chi connectivity index (χ3n) is 3.57. The van der Waals surface area contributed by atoms with Gasteiger partial charge in [-0.25, -0.2) is 0 Å². The normalized spacial score (nSPS) is 13.4. The number of benzene rings is 1. The highest BCUT2D eigenvalue weighted by atomic mass is 79.9. The highest BCUT2D eigenvalue weighted by Crippen LogP contribution is 2.22. The van der Waals surface area contributed by atoms with Crippen molar-refractivity contribution in [3.05, 3.63) is 36.7 Å². The molecule has 0 radical (unpaired) electrons. The van der Waals surface area contributed by atoms with E-state index < -0.39 is 0 Å². The molecule has 1 aliphatic heterocycles. The molecule has 0 atom stereocenters. The average molecular weight is 355 g/mol. The highest BCUT2D eigenvalue weighted by molar-refractivity contribution is 8.93. The van der Waals surface area contributed by atoms with Crippen LogP contribution in [0.2, 0.25) is 0 Å². The van der Waals surface area contributed by atoms with Crippen molar-refractivity contribution >= 4 is 22.7 Å². The molecule has 1 heterocycles. The first kappa shape index (κ1) is 17.9. The molecule has 0 aliphatic carbocycles. The SMILES string of the molecule is Br.CCCCCCN1C=CN(c2ccc(OCC)cc2)C1. The summed E-state index contributed by atoms with van der Waals surface area (Å²) in [7, 11) is 0. The summed E-state index contributed by atoms with van der Waals surface area (Å²) < 4.78 is 5.47. The molecule has 0 saturated carbocycles. The van der Waals surface area contributed by atoms with E-state index in [1.165, 1.54) is 31.4 Å². The molecule has 21 heavy (non-hydrogen) atoms. The van der Waals surface area contributed by atoms with Gasteiger partial charge in [0, 0.05) is 24.6 Å². The van der Waals surface area contributed by atoms with Crippen LogP contribution in [-0.4, -0.2) is 24.7 Å². The lowest BCUT2D eigenvalue weighted by Gasteiger charge is -2.21. The van der Waals surface area contributed by atoms with E-state index in [9.17, 15) is 0 Å². The van der Waals surface area contributed by atoms with E-state index in [0.717, 1.165) is 19.0 Å². The zero-order chi connectivity index (χ0) is 14.2. The predicted molar refractivity (Wildman–Crippen MR) is 95.3 cm³/mol. The number of hydrogen-bond acceptors (Lipinski definition) is 3. The van der Waals surface area contributed by atoms with Crippen LogP contribution in [0.25, 0.3) is 0 Å². The zero-order valence-electron chi connectivity index (χ0n) is 13.1. The van der Waals surface area contributed by atoms with Crippen LogP contribution in [0.4, 0.5) is 5.69 Å². The van der Waals surface area contributed by atoms with Crippen molar-refractivity contribution in [2.24, 2.45) is 0 Å². The van der Waals surface area contributed by atoms with Crippen molar-refractivity contribution in [3.63, 3.8) is 0 Å². The van der Waals surface area contributed by atoms with Gasteiger partial charge in [-0.1, -0.05) is 26.2 Å². The number of hydrogen-bond donors (Lipinski definition) is 0. The largest absolute Gasteiger partial charge is 0.494 e. The Bertz CT molecular complexity index is 419.